The van der Waals surface area contributed by atoms with Gasteiger partial charge in [0, 0.05) is 17.1 Å². The van der Waals surface area contributed by atoms with Crippen molar-refractivity contribution in [1.29, 1.82) is 0 Å². The topological polar surface area (TPSA) is 106 Å². The van der Waals surface area contributed by atoms with E-state index in [4.69, 9.17) is 31.4 Å². The summed E-state index contributed by atoms with van der Waals surface area (Å²) >= 11 is 0. The molecule has 0 bridgehead atoms. The van der Waals surface area contributed by atoms with Crippen LogP contribution in [0.3, 0.4) is 0 Å². The average Bonchev–Trinajstić information content (AvgIpc) is 2.77. The lowest BCUT2D eigenvalue weighted by Crippen LogP contribution is -2.40. The molecule has 6 nitrogen and oxygen atoms in total. The van der Waals surface area contributed by atoms with Gasteiger partial charge in [0.2, 0.25) is 0 Å². The third-order valence-electron chi connectivity index (χ3n) is 5.03. The maximum absolute atomic E-state index is 6.08. The molecule has 0 fully saturated rings. The molecule has 0 aromatic heterocycles. The Labute approximate surface area is 177 Å². The van der Waals surface area contributed by atoms with Gasteiger partial charge in [-0.1, -0.05) is 6.92 Å². The van der Waals surface area contributed by atoms with Crippen molar-refractivity contribution in [3.8, 4) is 17.2 Å². The summed E-state index contributed by atoms with van der Waals surface area (Å²) in [5, 5.41) is 0. The molecular weight excluding hydrogens is 378 g/mol. The lowest BCUT2D eigenvalue weighted by molar-refractivity contribution is 0.0293. The smallest absolute Gasteiger partial charge is 0.119 e. The van der Waals surface area contributed by atoms with Gasteiger partial charge < -0.3 is 31.4 Å². The van der Waals surface area contributed by atoms with Crippen LogP contribution in [0.1, 0.15) is 13.3 Å². The normalized spacial score (nSPS) is 11.1. The highest BCUT2D eigenvalue weighted by Gasteiger charge is 2.32. The second kappa shape index (κ2) is 9.78. The summed E-state index contributed by atoms with van der Waals surface area (Å²) in [6.07, 6.45) is 0.798. The van der Waals surface area contributed by atoms with Gasteiger partial charge in [-0.25, -0.2) is 0 Å². The van der Waals surface area contributed by atoms with E-state index >= 15 is 0 Å². The number of anilines is 3. The molecule has 0 radical (unpaired) electrons. The molecule has 0 heterocycles. The lowest BCUT2D eigenvalue weighted by Gasteiger charge is -2.32. The Bertz CT molecular complexity index is 789. The number of rotatable bonds is 10. The van der Waals surface area contributed by atoms with Gasteiger partial charge in [0.25, 0.3) is 0 Å². The maximum atomic E-state index is 6.08. The number of nitrogens with two attached hydrogens (primary N) is 3. The van der Waals surface area contributed by atoms with Crippen molar-refractivity contribution in [3.05, 3.63) is 72.8 Å². The number of hydrogen-bond acceptors (Lipinski definition) is 6. The molecule has 158 valence electrons. The van der Waals surface area contributed by atoms with Crippen molar-refractivity contribution in [2.45, 2.75) is 13.3 Å². The van der Waals surface area contributed by atoms with Crippen LogP contribution in [0, 0.1) is 5.41 Å². The van der Waals surface area contributed by atoms with Crippen molar-refractivity contribution in [2.75, 3.05) is 37.0 Å². The zero-order chi connectivity index (χ0) is 21.4. The minimum atomic E-state index is -0.371. The molecule has 0 saturated heterocycles. The minimum Gasteiger partial charge on any atom is -0.493 e. The fraction of sp³-hybridized carbons (Fsp3) is 0.250. The van der Waals surface area contributed by atoms with Crippen molar-refractivity contribution in [1.82, 2.24) is 0 Å². The quantitative estimate of drug-likeness (QED) is 0.431. The molecule has 6 N–H and O–H groups in total. The van der Waals surface area contributed by atoms with E-state index in [1.54, 1.807) is 0 Å². The summed E-state index contributed by atoms with van der Waals surface area (Å²) in [5.41, 5.74) is 19.0. The predicted octanol–water partition coefficient (Wildman–Crippen LogP) is 4.37. The van der Waals surface area contributed by atoms with Crippen LogP contribution in [0.4, 0.5) is 17.1 Å². The standard InChI is InChI=1S/C24H29N3O3/c1-2-24(15-28-21-9-3-18(25)4-10-21,16-29-22-11-5-19(26)6-12-22)17-30-23-13-7-20(27)8-14-23/h3-14H,2,15-17,25-27H2,1H3. The molecule has 3 aromatic carbocycles. The molecule has 0 unspecified atom stereocenters. The molecule has 6 heteroatoms. The SMILES string of the molecule is CCC(COc1ccc(N)cc1)(COc1ccc(N)cc1)COc1ccc(N)cc1. The number of benzene rings is 3. The Kier molecular flexibility index (Phi) is 6.91. The molecule has 0 aliphatic carbocycles. The van der Waals surface area contributed by atoms with Gasteiger partial charge in [0.15, 0.2) is 0 Å². The first-order valence-corrected chi connectivity index (χ1v) is 9.93. The maximum Gasteiger partial charge on any atom is 0.119 e. The number of hydrogen-bond donors (Lipinski definition) is 3. The first-order valence-electron chi connectivity index (χ1n) is 9.93. The van der Waals surface area contributed by atoms with Crippen LogP contribution < -0.4 is 31.4 Å². The van der Waals surface area contributed by atoms with Crippen LogP contribution in [0.2, 0.25) is 0 Å². The van der Waals surface area contributed by atoms with E-state index in [2.05, 4.69) is 6.92 Å². The van der Waals surface area contributed by atoms with E-state index in [1.807, 2.05) is 72.8 Å². The first kappa shape index (κ1) is 21.2. The van der Waals surface area contributed by atoms with Crippen molar-refractivity contribution >= 4 is 17.1 Å². The monoisotopic (exact) mass is 407 g/mol. The molecule has 0 atom stereocenters. The zero-order valence-corrected chi connectivity index (χ0v) is 17.2. The van der Waals surface area contributed by atoms with Crippen LogP contribution in [-0.4, -0.2) is 19.8 Å². The summed E-state index contributed by atoms with van der Waals surface area (Å²) < 4.78 is 18.2. The van der Waals surface area contributed by atoms with Crippen LogP contribution in [0.5, 0.6) is 17.2 Å². The van der Waals surface area contributed by atoms with Crippen molar-refractivity contribution in [2.24, 2.45) is 5.41 Å². The molecule has 0 amide bonds. The van der Waals surface area contributed by atoms with Crippen LogP contribution in [-0.2, 0) is 0 Å². The van der Waals surface area contributed by atoms with E-state index in [0.29, 0.717) is 36.9 Å². The summed E-state index contributed by atoms with van der Waals surface area (Å²) in [6, 6.07) is 22.1. The Balaban J connectivity index is 1.72. The fourth-order valence-electron chi connectivity index (χ4n) is 2.83. The third kappa shape index (κ3) is 5.98. The zero-order valence-electron chi connectivity index (χ0n) is 17.2. The highest BCUT2D eigenvalue weighted by atomic mass is 16.5. The largest absolute Gasteiger partial charge is 0.493 e. The Morgan fingerprint density at radius 3 is 1.03 bits per heavy atom. The van der Waals surface area contributed by atoms with Crippen LogP contribution >= 0.6 is 0 Å². The van der Waals surface area contributed by atoms with Crippen molar-refractivity contribution in [3.63, 3.8) is 0 Å². The second-order valence-corrected chi connectivity index (χ2v) is 7.43. The predicted molar refractivity (Wildman–Crippen MR) is 122 cm³/mol. The van der Waals surface area contributed by atoms with Gasteiger partial charge in [0.1, 0.15) is 37.1 Å². The van der Waals surface area contributed by atoms with Gasteiger partial charge in [-0.2, -0.15) is 0 Å². The molecular formula is C24H29N3O3. The van der Waals surface area contributed by atoms with Crippen molar-refractivity contribution < 1.29 is 14.2 Å². The molecule has 0 saturated carbocycles. The molecule has 0 aliphatic heterocycles. The second-order valence-electron chi connectivity index (χ2n) is 7.43. The Morgan fingerprint density at radius 2 is 0.800 bits per heavy atom. The molecule has 3 aromatic rings. The molecule has 0 aliphatic rings. The first-order chi connectivity index (χ1) is 14.5. The lowest BCUT2D eigenvalue weighted by atomic mass is 9.88. The van der Waals surface area contributed by atoms with E-state index < -0.39 is 0 Å². The van der Waals surface area contributed by atoms with Crippen LogP contribution in [0.15, 0.2) is 72.8 Å². The number of ether oxygens (including phenoxy) is 3. The van der Waals surface area contributed by atoms with E-state index in [-0.39, 0.29) is 5.41 Å². The van der Waals surface area contributed by atoms with Gasteiger partial charge >= 0.3 is 0 Å². The fourth-order valence-corrected chi connectivity index (χ4v) is 2.83. The minimum absolute atomic E-state index is 0.371. The Hall–Kier alpha value is -3.54. The summed E-state index contributed by atoms with van der Waals surface area (Å²) in [4.78, 5) is 0. The average molecular weight is 408 g/mol. The summed E-state index contributed by atoms with van der Waals surface area (Å²) in [5.74, 6) is 2.26. The summed E-state index contributed by atoms with van der Waals surface area (Å²) in [7, 11) is 0. The number of nitrogen functional groups attached to an aromatic ring is 3. The molecule has 3 rings (SSSR count). The highest BCUT2D eigenvalue weighted by molar-refractivity contribution is 5.43. The third-order valence-corrected chi connectivity index (χ3v) is 5.03. The summed E-state index contributed by atoms with van der Waals surface area (Å²) in [6.45, 7) is 3.39. The highest BCUT2D eigenvalue weighted by Crippen LogP contribution is 2.28. The van der Waals surface area contributed by atoms with Gasteiger partial charge in [-0.05, 0) is 79.2 Å². The van der Waals surface area contributed by atoms with Crippen LogP contribution in [0.25, 0.3) is 0 Å². The van der Waals surface area contributed by atoms with E-state index in [0.717, 1.165) is 23.7 Å². The van der Waals surface area contributed by atoms with Gasteiger partial charge in [-0.3, -0.25) is 0 Å². The van der Waals surface area contributed by atoms with Gasteiger partial charge in [0.05, 0.1) is 5.41 Å². The Morgan fingerprint density at radius 1 is 0.533 bits per heavy atom. The van der Waals surface area contributed by atoms with Gasteiger partial charge in [-0.15, -0.1) is 0 Å². The van der Waals surface area contributed by atoms with E-state index in [1.165, 1.54) is 0 Å². The molecule has 0 spiro atoms. The molecule has 30 heavy (non-hydrogen) atoms. The van der Waals surface area contributed by atoms with E-state index in [9.17, 15) is 0 Å².